The largest absolute Gasteiger partial charge is 0.371 e. The number of nitrogens with zero attached hydrogens (tertiary/aromatic N) is 4. The van der Waals surface area contributed by atoms with Crippen LogP contribution in [0.15, 0.2) is 35.5 Å². The van der Waals surface area contributed by atoms with E-state index < -0.39 is 11.6 Å². The fourth-order valence-corrected chi connectivity index (χ4v) is 3.31. The lowest BCUT2D eigenvalue weighted by atomic mass is 9.96. The molecule has 3 heterocycles. The van der Waals surface area contributed by atoms with E-state index in [9.17, 15) is 8.78 Å². The number of aromatic nitrogens is 4. The van der Waals surface area contributed by atoms with Gasteiger partial charge in [-0.3, -0.25) is 0 Å². The van der Waals surface area contributed by atoms with Gasteiger partial charge in [-0.1, -0.05) is 11.7 Å². The molecule has 27 heavy (non-hydrogen) atoms. The number of hydrogen-bond acceptors (Lipinski definition) is 5. The second kappa shape index (κ2) is 6.94. The number of aromatic amines is 1. The van der Waals surface area contributed by atoms with E-state index in [2.05, 4.69) is 26.7 Å². The van der Waals surface area contributed by atoms with Gasteiger partial charge in [0.15, 0.2) is 17.5 Å². The normalized spacial score (nSPS) is 17.3. The van der Waals surface area contributed by atoms with Gasteiger partial charge in [-0.05, 0) is 38.0 Å². The van der Waals surface area contributed by atoms with E-state index in [1.807, 2.05) is 11.8 Å². The van der Waals surface area contributed by atoms with Crippen LogP contribution in [0.2, 0.25) is 0 Å². The Balaban J connectivity index is 1.50. The lowest BCUT2D eigenvalue weighted by Crippen LogP contribution is -2.33. The minimum absolute atomic E-state index is 0.0399. The third-order valence-electron chi connectivity index (χ3n) is 4.76. The molecule has 1 saturated heterocycles. The van der Waals surface area contributed by atoms with E-state index in [1.54, 1.807) is 6.20 Å². The summed E-state index contributed by atoms with van der Waals surface area (Å²) < 4.78 is 32.2. The summed E-state index contributed by atoms with van der Waals surface area (Å²) in [5.74, 6) is -0.164. The van der Waals surface area contributed by atoms with Crippen LogP contribution in [0, 0.1) is 18.6 Å². The first kappa shape index (κ1) is 17.4. The van der Waals surface area contributed by atoms with Crippen LogP contribution in [0.3, 0.4) is 0 Å². The highest BCUT2D eigenvalue weighted by molar-refractivity contribution is 5.62. The van der Waals surface area contributed by atoms with Crippen molar-refractivity contribution in [1.29, 1.82) is 0 Å². The lowest BCUT2D eigenvalue weighted by molar-refractivity contribution is 0.251. The number of piperidine rings is 1. The number of aryl methyl sites for hydroxylation is 1. The maximum atomic E-state index is 13.5. The standard InChI is InChI=1S/C19H19F2N5O/c1-11-9-22-17(23-11)18-24-19(27-25-18)14-4-3-7-26(10-14)12(2)13-5-6-15(20)16(21)8-13/h5-6,8-9,14H,2-4,7,10H2,1H3,(H,22,23)/t14-/m0/s1. The highest BCUT2D eigenvalue weighted by Crippen LogP contribution is 2.31. The minimum atomic E-state index is -0.877. The highest BCUT2D eigenvalue weighted by Gasteiger charge is 2.27. The summed E-state index contributed by atoms with van der Waals surface area (Å²) in [6.07, 6.45) is 3.52. The van der Waals surface area contributed by atoms with Crippen molar-refractivity contribution in [2.45, 2.75) is 25.7 Å². The van der Waals surface area contributed by atoms with Crippen LogP contribution in [-0.2, 0) is 0 Å². The Bertz CT molecular complexity index is 980. The number of hydrogen-bond donors (Lipinski definition) is 1. The molecule has 0 radical (unpaired) electrons. The molecule has 1 aliphatic heterocycles. The summed E-state index contributed by atoms with van der Waals surface area (Å²) in [5, 5.41) is 4.01. The molecular weight excluding hydrogens is 352 g/mol. The van der Waals surface area contributed by atoms with E-state index in [0.717, 1.165) is 31.1 Å². The molecule has 4 rings (SSSR count). The average molecular weight is 371 g/mol. The van der Waals surface area contributed by atoms with Crippen molar-refractivity contribution in [3.05, 3.63) is 59.8 Å². The van der Waals surface area contributed by atoms with Gasteiger partial charge in [-0.2, -0.15) is 4.98 Å². The molecule has 140 valence electrons. The van der Waals surface area contributed by atoms with Gasteiger partial charge in [0.2, 0.25) is 11.7 Å². The predicted octanol–water partition coefficient (Wildman–Crippen LogP) is 3.90. The molecule has 0 saturated carbocycles. The number of H-pyrrole nitrogens is 1. The Kier molecular flexibility index (Phi) is 4.47. The van der Waals surface area contributed by atoms with Crippen molar-refractivity contribution < 1.29 is 13.3 Å². The maximum Gasteiger partial charge on any atom is 0.238 e. The summed E-state index contributed by atoms with van der Waals surface area (Å²) in [4.78, 5) is 13.8. The zero-order chi connectivity index (χ0) is 19.0. The van der Waals surface area contributed by atoms with Crippen molar-refractivity contribution in [2.24, 2.45) is 0 Å². The van der Waals surface area contributed by atoms with E-state index in [0.29, 0.717) is 35.3 Å². The Morgan fingerprint density at radius 3 is 2.93 bits per heavy atom. The molecule has 0 amide bonds. The van der Waals surface area contributed by atoms with Crippen molar-refractivity contribution in [2.75, 3.05) is 13.1 Å². The summed E-state index contributed by atoms with van der Waals surface area (Å²) in [7, 11) is 0. The number of benzene rings is 1. The van der Waals surface area contributed by atoms with Crippen LogP contribution >= 0.6 is 0 Å². The van der Waals surface area contributed by atoms with Crippen molar-refractivity contribution in [3.63, 3.8) is 0 Å². The third kappa shape index (κ3) is 3.47. The van der Waals surface area contributed by atoms with Gasteiger partial charge in [-0.15, -0.1) is 0 Å². The van der Waals surface area contributed by atoms with Gasteiger partial charge < -0.3 is 14.4 Å². The summed E-state index contributed by atoms with van der Waals surface area (Å²) in [6, 6.07) is 3.83. The Morgan fingerprint density at radius 2 is 2.19 bits per heavy atom. The van der Waals surface area contributed by atoms with E-state index in [-0.39, 0.29) is 5.92 Å². The topological polar surface area (TPSA) is 70.8 Å². The van der Waals surface area contributed by atoms with Crippen LogP contribution in [0.5, 0.6) is 0 Å². The average Bonchev–Trinajstić information content (AvgIpc) is 3.32. The maximum absolute atomic E-state index is 13.5. The molecule has 6 nitrogen and oxygen atoms in total. The monoisotopic (exact) mass is 371 g/mol. The summed E-state index contributed by atoms with van der Waals surface area (Å²) in [6.45, 7) is 7.37. The highest BCUT2D eigenvalue weighted by atomic mass is 19.2. The Morgan fingerprint density at radius 1 is 1.33 bits per heavy atom. The number of halogens is 2. The van der Waals surface area contributed by atoms with Gasteiger partial charge in [0, 0.05) is 36.2 Å². The molecule has 8 heteroatoms. The van der Waals surface area contributed by atoms with Gasteiger partial charge in [0.1, 0.15) is 0 Å². The van der Waals surface area contributed by atoms with Gasteiger partial charge in [0.25, 0.3) is 0 Å². The Labute approximate surface area is 154 Å². The van der Waals surface area contributed by atoms with E-state index in [4.69, 9.17) is 4.52 Å². The first-order chi connectivity index (χ1) is 13.0. The molecule has 1 fully saturated rings. The molecule has 0 aliphatic carbocycles. The van der Waals surface area contributed by atoms with Crippen LogP contribution in [0.4, 0.5) is 8.78 Å². The Hall–Kier alpha value is -3.03. The minimum Gasteiger partial charge on any atom is -0.371 e. The fourth-order valence-electron chi connectivity index (χ4n) is 3.31. The number of rotatable bonds is 4. The number of nitrogens with one attached hydrogen (secondary N) is 1. The third-order valence-corrected chi connectivity index (χ3v) is 4.76. The van der Waals surface area contributed by atoms with Crippen molar-refractivity contribution in [3.8, 4) is 11.6 Å². The second-order valence-corrected chi connectivity index (χ2v) is 6.73. The van der Waals surface area contributed by atoms with Crippen molar-refractivity contribution in [1.82, 2.24) is 25.0 Å². The first-order valence-electron chi connectivity index (χ1n) is 8.76. The van der Waals surface area contributed by atoms with Crippen LogP contribution < -0.4 is 0 Å². The zero-order valence-electron chi connectivity index (χ0n) is 14.9. The lowest BCUT2D eigenvalue weighted by Gasteiger charge is -2.34. The first-order valence-corrected chi connectivity index (χ1v) is 8.76. The quantitative estimate of drug-likeness (QED) is 0.753. The van der Waals surface area contributed by atoms with Crippen LogP contribution in [0.1, 0.15) is 35.9 Å². The molecular formula is C19H19F2N5O. The summed E-state index contributed by atoms with van der Waals surface area (Å²) in [5.41, 5.74) is 2.13. The molecule has 0 spiro atoms. The smallest absolute Gasteiger partial charge is 0.238 e. The van der Waals surface area contributed by atoms with Crippen molar-refractivity contribution >= 4 is 5.70 Å². The van der Waals surface area contributed by atoms with Crippen LogP contribution in [0.25, 0.3) is 17.3 Å². The zero-order valence-corrected chi connectivity index (χ0v) is 14.9. The van der Waals surface area contributed by atoms with E-state index in [1.165, 1.54) is 12.1 Å². The molecule has 1 N–H and O–H groups in total. The number of likely N-dealkylation sites (tertiary alicyclic amines) is 1. The predicted molar refractivity (Wildman–Crippen MR) is 95.6 cm³/mol. The molecule has 0 bridgehead atoms. The molecule has 2 aromatic heterocycles. The molecule has 0 unspecified atom stereocenters. The van der Waals surface area contributed by atoms with Gasteiger partial charge in [-0.25, -0.2) is 13.8 Å². The van der Waals surface area contributed by atoms with E-state index >= 15 is 0 Å². The SMILES string of the molecule is C=C(c1ccc(F)c(F)c1)N1CCC[C@H](c2nc(-c3ncc(C)[nH]3)no2)C1. The molecule has 1 atom stereocenters. The molecule has 3 aromatic rings. The summed E-state index contributed by atoms with van der Waals surface area (Å²) >= 11 is 0. The fraction of sp³-hybridized carbons (Fsp3) is 0.316. The number of imidazole rings is 1. The second-order valence-electron chi connectivity index (χ2n) is 6.73. The van der Waals surface area contributed by atoms with Gasteiger partial charge in [0.05, 0.1) is 5.92 Å². The molecule has 1 aliphatic rings. The van der Waals surface area contributed by atoms with Crippen LogP contribution in [-0.4, -0.2) is 38.1 Å². The van der Waals surface area contributed by atoms with Gasteiger partial charge >= 0.3 is 0 Å². The molecule has 1 aromatic carbocycles.